The van der Waals surface area contributed by atoms with Crippen LogP contribution >= 0.6 is 11.3 Å². The number of likely N-dealkylation sites (N-methyl/N-ethyl adjacent to an activating group) is 1. The summed E-state index contributed by atoms with van der Waals surface area (Å²) in [4.78, 5) is 27.2. The molecule has 3 rings (SSSR count). The topological polar surface area (TPSA) is 79.9 Å². The van der Waals surface area contributed by atoms with Gasteiger partial charge in [-0.1, -0.05) is 12.1 Å². The number of fused-ring (bicyclic) bond motifs is 1. The van der Waals surface area contributed by atoms with Crippen LogP contribution in [0.4, 0.5) is 0 Å². The lowest BCUT2D eigenvalue weighted by molar-refractivity contribution is -0.139. The van der Waals surface area contributed by atoms with E-state index in [0.717, 1.165) is 10.4 Å². The number of amides is 2. The summed E-state index contributed by atoms with van der Waals surface area (Å²) < 4.78 is 10.5. The monoisotopic (exact) mass is 375 g/mol. The van der Waals surface area contributed by atoms with E-state index < -0.39 is 11.8 Å². The van der Waals surface area contributed by atoms with Crippen molar-refractivity contribution in [3.63, 3.8) is 0 Å². The predicted molar refractivity (Wildman–Crippen MR) is 98.2 cm³/mol. The average Bonchev–Trinajstić information content (AvgIpc) is 3.30. The molecule has 0 saturated carbocycles. The molecule has 2 aromatic rings. The quantitative estimate of drug-likeness (QED) is 0.749. The highest BCUT2D eigenvalue weighted by atomic mass is 32.1. The second-order valence-electron chi connectivity index (χ2n) is 6.08. The van der Waals surface area contributed by atoms with Crippen LogP contribution in [0.5, 0.6) is 11.5 Å². The summed E-state index contributed by atoms with van der Waals surface area (Å²) in [6.45, 7) is 0.805. The smallest absolute Gasteiger partial charge is 0.309 e. The Morgan fingerprint density at radius 3 is 2.65 bits per heavy atom. The van der Waals surface area contributed by atoms with Crippen molar-refractivity contribution in [3.8, 4) is 11.5 Å². The third-order valence-electron chi connectivity index (χ3n) is 4.05. The molecule has 1 aromatic carbocycles. The van der Waals surface area contributed by atoms with E-state index in [1.807, 2.05) is 42.6 Å². The fraction of sp³-hybridized carbons (Fsp3) is 0.333. The summed E-state index contributed by atoms with van der Waals surface area (Å²) in [5.74, 6) is 0.0209. The summed E-state index contributed by atoms with van der Waals surface area (Å²) in [6.07, 6.45) is 0. The Balaban J connectivity index is 1.49. The average molecular weight is 375 g/mol. The normalized spacial score (nSPS) is 13.5. The first-order valence-electron chi connectivity index (χ1n) is 8.19. The van der Waals surface area contributed by atoms with Gasteiger partial charge in [-0.25, -0.2) is 0 Å². The molecule has 2 heterocycles. The van der Waals surface area contributed by atoms with Crippen LogP contribution in [0, 0.1) is 0 Å². The zero-order valence-electron chi connectivity index (χ0n) is 14.7. The molecular formula is C18H21N3O4S. The molecule has 0 unspecified atom stereocenters. The Morgan fingerprint density at radius 2 is 1.92 bits per heavy atom. The van der Waals surface area contributed by atoms with Gasteiger partial charge in [-0.2, -0.15) is 0 Å². The second-order valence-corrected chi connectivity index (χ2v) is 7.05. The Labute approximate surface area is 155 Å². The molecule has 138 valence electrons. The number of carbonyl (C=O) groups is 2. The number of thiophene rings is 1. The molecular weight excluding hydrogens is 354 g/mol. The Kier molecular flexibility index (Phi) is 5.75. The van der Waals surface area contributed by atoms with E-state index in [4.69, 9.17) is 9.47 Å². The highest BCUT2D eigenvalue weighted by Crippen LogP contribution is 2.32. The van der Waals surface area contributed by atoms with Crippen LogP contribution in [0.1, 0.15) is 16.5 Å². The lowest BCUT2D eigenvalue weighted by Crippen LogP contribution is -2.42. The van der Waals surface area contributed by atoms with Crippen molar-refractivity contribution in [3.05, 3.63) is 46.2 Å². The summed E-state index contributed by atoms with van der Waals surface area (Å²) in [5.41, 5.74) is 0.833. The van der Waals surface area contributed by atoms with Gasteiger partial charge in [-0.05, 0) is 43.2 Å². The molecule has 26 heavy (non-hydrogen) atoms. The summed E-state index contributed by atoms with van der Waals surface area (Å²) >= 11 is 1.62. The molecule has 2 amide bonds. The van der Waals surface area contributed by atoms with E-state index in [0.29, 0.717) is 18.0 Å². The van der Waals surface area contributed by atoms with Gasteiger partial charge in [-0.3, -0.25) is 9.59 Å². The second kappa shape index (κ2) is 8.20. The summed E-state index contributed by atoms with van der Waals surface area (Å²) in [7, 11) is 3.88. The van der Waals surface area contributed by atoms with Crippen molar-refractivity contribution in [1.29, 1.82) is 0 Å². The van der Waals surface area contributed by atoms with Crippen molar-refractivity contribution in [2.45, 2.75) is 12.6 Å². The van der Waals surface area contributed by atoms with Crippen LogP contribution in [0.3, 0.4) is 0 Å². The SMILES string of the molecule is CN(C)[C@H](CNC(=O)C(=O)NCc1ccc2c(c1)OCO2)c1cccs1. The maximum atomic E-state index is 12.1. The largest absolute Gasteiger partial charge is 0.454 e. The highest BCUT2D eigenvalue weighted by molar-refractivity contribution is 7.10. The van der Waals surface area contributed by atoms with Gasteiger partial charge in [0.15, 0.2) is 11.5 Å². The highest BCUT2D eigenvalue weighted by Gasteiger charge is 2.19. The van der Waals surface area contributed by atoms with E-state index in [1.54, 1.807) is 23.5 Å². The number of nitrogens with zero attached hydrogens (tertiary/aromatic N) is 1. The van der Waals surface area contributed by atoms with Crippen molar-refractivity contribution >= 4 is 23.2 Å². The van der Waals surface area contributed by atoms with E-state index in [1.165, 1.54) is 0 Å². The van der Waals surface area contributed by atoms with Crippen LogP contribution in [0.15, 0.2) is 35.7 Å². The van der Waals surface area contributed by atoms with E-state index in [2.05, 4.69) is 10.6 Å². The minimum absolute atomic E-state index is 0.0283. The number of nitrogens with one attached hydrogen (secondary N) is 2. The zero-order chi connectivity index (χ0) is 18.5. The molecule has 0 spiro atoms. The number of carbonyl (C=O) groups excluding carboxylic acids is 2. The first kappa shape index (κ1) is 18.2. The van der Waals surface area contributed by atoms with Gasteiger partial charge in [0.1, 0.15) is 0 Å². The van der Waals surface area contributed by atoms with Crippen LogP contribution in [-0.2, 0) is 16.1 Å². The molecule has 8 heteroatoms. The first-order chi connectivity index (χ1) is 12.5. The Hall–Kier alpha value is -2.58. The maximum Gasteiger partial charge on any atom is 0.309 e. The fourth-order valence-corrected chi connectivity index (χ4v) is 3.52. The Bertz CT molecular complexity index is 777. The number of benzene rings is 1. The lowest BCUT2D eigenvalue weighted by atomic mass is 10.2. The molecule has 0 bridgehead atoms. The third kappa shape index (κ3) is 4.33. The van der Waals surface area contributed by atoms with Gasteiger partial charge < -0.3 is 25.0 Å². The third-order valence-corrected chi connectivity index (χ3v) is 5.02. The zero-order valence-corrected chi connectivity index (χ0v) is 15.5. The number of ether oxygens (including phenoxy) is 2. The van der Waals surface area contributed by atoms with Gasteiger partial charge >= 0.3 is 11.8 Å². The van der Waals surface area contributed by atoms with E-state index >= 15 is 0 Å². The summed E-state index contributed by atoms with van der Waals surface area (Å²) in [6, 6.07) is 9.41. The van der Waals surface area contributed by atoms with Crippen molar-refractivity contribution in [2.75, 3.05) is 27.4 Å². The van der Waals surface area contributed by atoms with Gasteiger partial charge in [0.2, 0.25) is 6.79 Å². The molecule has 0 saturated heterocycles. The Morgan fingerprint density at radius 1 is 1.15 bits per heavy atom. The molecule has 0 fully saturated rings. The van der Waals surface area contributed by atoms with E-state index in [-0.39, 0.29) is 19.4 Å². The van der Waals surface area contributed by atoms with Gasteiger partial charge in [-0.15, -0.1) is 11.3 Å². The molecule has 1 atom stereocenters. The summed E-state index contributed by atoms with van der Waals surface area (Å²) in [5, 5.41) is 7.31. The van der Waals surface area contributed by atoms with Gasteiger partial charge in [0.05, 0.1) is 6.04 Å². The number of rotatable bonds is 6. The van der Waals surface area contributed by atoms with Crippen molar-refractivity contribution in [2.24, 2.45) is 0 Å². The first-order valence-corrected chi connectivity index (χ1v) is 9.07. The molecule has 1 aliphatic heterocycles. The van der Waals surface area contributed by atoms with Crippen molar-refractivity contribution < 1.29 is 19.1 Å². The number of hydrogen-bond acceptors (Lipinski definition) is 6. The molecule has 1 aromatic heterocycles. The van der Waals surface area contributed by atoms with Crippen LogP contribution < -0.4 is 20.1 Å². The van der Waals surface area contributed by atoms with E-state index in [9.17, 15) is 9.59 Å². The van der Waals surface area contributed by atoms with Crippen LogP contribution in [0.2, 0.25) is 0 Å². The van der Waals surface area contributed by atoms with Gasteiger partial charge in [0, 0.05) is 18.0 Å². The molecule has 2 N–H and O–H groups in total. The van der Waals surface area contributed by atoms with Crippen molar-refractivity contribution in [1.82, 2.24) is 15.5 Å². The minimum atomic E-state index is -0.661. The molecule has 7 nitrogen and oxygen atoms in total. The molecule has 0 radical (unpaired) electrons. The molecule has 1 aliphatic rings. The van der Waals surface area contributed by atoms with Gasteiger partial charge in [0.25, 0.3) is 0 Å². The lowest BCUT2D eigenvalue weighted by Gasteiger charge is -2.23. The standard InChI is InChI=1S/C18H21N3O4S/c1-21(2)13(16-4-3-7-26-16)10-20-18(23)17(22)19-9-12-5-6-14-15(8-12)25-11-24-14/h3-8,13H,9-11H2,1-2H3,(H,19,22)(H,20,23)/t13-/m1/s1. The fourth-order valence-electron chi connectivity index (χ4n) is 2.60. The van der Waals surface area contributed by atoms with Crippen LogP contribution in [-0.4, -0.2) is 44.1 Å². The predicted octanol–water partition coefficient (Wildman–Crippen LogP) is 1.51. The molecule has 0 aliphatic carbocycles. The number of hydrogen-bond donors (Lipinski definition) is 2. The van der Waals surface area contributed by atoms with Crippen LogP contribution in [0.25, 0.3) is 0 Å². The maximum absolute atomic E-state index is 12.1. The minimum Gasteiger partial charge on any atom is -0.454 e.